The summed E-state index contributed by atoms with van der Waals surface area (Å²) in [5.41, 5.74) is 7.23. The van der Waals surface area contributed by atoms with Crippen LogP contribution in [0.3, 0.4) is 0 Å². The SMILES string of the molecule is CN1CCc2nc(C(=O)N[C@@H]3C[C@@H](C(=O)N(C)C)CC[C@@H]3N=C(N)C(=S)Nc3ccc(Cl)cn3)sc2C1. The van der Waals surface area contributed by atoms with Gasteiger partial charge in [-0.25, -0.2) is 9.97 Å². The Kier molecular flexibility index (Phi) is 8.73. The number of thiazole rings is 1. The Morgan fingerprint density at radius 3 is 2.81 bits per heavy atom. The number of anilines is 1. The predicted octanol–water partition coefficient (Wildman–Crippen LogP) is 2.33. The Hall–Kier alpha value is -2.67. The number of carbonyl (C=O) groups is 2. The molecule has 3 heterocycles. The number of nitrogens with zero attached hydrogens (tertiary/aromatic N) is 5. The van der Waals surface area contributed by atoms with Gasteiger partial charge in [-0.1, -0.05) is 23.8 Å². The molecule has 10 nitrogen and oxygen atoms in total. The van der Waals surface area contributed by atoms with Gasteiger partial charge in [-0.2, -0.15) is 0 Å². The van der Waals surface area contributed by atoms with Crippen LogP contribution in [0.25, 0.3) is 0 Å². The smallest absolute Gasteiger partial charge is 0.280 e. The number of hydrogen-bond donors (Lipinski definition) is 3. The topological polar surface area (TPSA) is 129 Å². The third kappa shape index (κ3) is 6.81. The van der Waals surface area contributed by atoms with Crippen LogP contribution in [0.4, 0.5) is 5.82 Å². The molecule has 0 radical (unpaired) electrons. The second-order valence-corrected chi connectivity index (χ2v) is 11.5. The molecule has 2 amide bonds. The monoisotopic (exact) mass is 562 g/mol. The molecule has 0 spiro atoms. The number of likely N-dealkylation sites (N-methyl/N-ethyl adjacent to an activating group) is 1. The lowest BCUT2D eigenvalue weighted by Crippen LogP contribution is -2.49. The molecular weight excluding hydrogens is 532 g/mol. The van der Waals surface area contributed by atoms with Crippen LogP contribution in [0, 0.1) is 5.92 Å². The van der Waals surface area contributed by atoms with Crippen molar-refractivity contribution >= 4 is 63.6 Å². The molecule has 0 saturated heterocycles. The van der Waals surface area contributed by atoms with Gasteiger partial charge in [0.05, 0.1) is 22.8 Å². The fourth-order valence-electron chi connectivity index (χ4n) is 4.57. The highest BCUT2D eigenvalue weighted by Gasteiger charge is 2.36. The van der Waals surface area contributed by atoms with Crippen LogP contribution in [-0.2, 0) is 17.8 Å². The summed E-state index contributed by atoms with van der Waals surface area (Å²) in [4.78, 5) is 44.5. The molecular formula is C24H31ClN8O2S2. The number of halogens is 1. The zero-order valence-electron chi connectivity index (χ0n) is 21.0. The van der Waals surface area contributed by atoms with Gasteiger partial charge in [-0.05, 0) is 38.4 Å². The number of nitrogens with two attached hydrogens (primary N) is 1. The predicted molar refractivity (Wildman–Crippen MR) is 150 cm³/mol. The van der Waals surface area contributed by atoms with Crippen molar-refractivity contribution in [1.82, 2.24) is 25.1 Å². The van der Waals surface area contributed by atoms with Crippen LogP contribution in [0.15, 0.2) is 23.3 Å². The van der Waals surface area contributed by atoms with Gasteiger partial charge in [-0.15, -0.1) is 11.3 Å². The van der Waals surface area contributed by atoms with E-state index in [2.05, 4.69) is 37.5 Å². The molecule has 198 valence electrons. The Morgan fingerprint density at radius 1 is 1.32 bits per heavy atom. The highest BCUT2D eigenvalue weighted by atomic mass is 35.5. The molecule has 0 bridgehead atoms. The van der Waals surface area contributed by atoms with Crippen LogP contribution in [-0.4, -0.2) is 82.2 Å². The van der Waals surface area contributed by atoms with E-state index in [9.17, 15) is 9.59 Å². The van der Waals surface area contributed by atoms with Gasteiger partial charge in [0.1, 0.15) is 10.8 Å². The normalized spacial score (nSPS) is 22.2. The minimum atomic E-state index is -0.395. The second kappa shape index (κ2) is 11.8. The molecule has 2 aliphatic rings. The maximum absolute atomic E-state index is 13.2. The summed E-state index contributed by atoms with van der Waals surface area (Å²) in [5, 5.41) is 7.00. The van der Waals surface area contributed by atoms with Crippen LogP contribution in [0.5, 0.6) is 0 Å². The minimum Gasteiger partial charge on any atom is -0.382 e. The zero-order valence-corrected chi connectivity index (χ0v) is 23.4. The van der Waals surface area contributed by atoms with Crippen molar-refractivity contribution in [3.05, 3.63) is 38.9 Å². The van der Waals surface area contributed by atoms with Crippen molar-refractivity contribution in [1.29, 1.82) is 0 Å². The number of aliphatic imine (C=N–C) groups is 1. The second-order valence-electron chi connectivity index (χ2n) is 9.60. The number of aromatic nitrogens is 2. The largest absolute Gasteiger partial charge is 0.382 e. The van der Waals surface area contributed by atoms with Crippen molar-refractivity contribution in [2.75, 3.05) is 33.0 Å². The average Bonchev–Trinajstić information content (AvgIpc) is 3.29. The van der Waals surface area contributed by atoms with Gasteiger partial charge >= 0.3 is 0 Å². The summed E-state index contributed by atoms with van der Waals surface area (Å²) < 4.78 is 0. The summed E-state index contributed by atoms with van der Waals surface area (Å²) in [6.07, 6.45) is 4.01. The zero-order chi connectivity index (χ0) is 26.7. The fraction of sp³-hybridized carbons (Fsp3) is 0.500. The van der Waals surface area contributed by atoms with E-state index in [-0.39, 0.29) is 34.6 Å². The van der Waals surface area contributed by atoms with Gasteiger partial charge in [0, 0.05) is 50.6 Å². The van der Waals surface area contributed by atoms with E-state index in [0.717, 1.165) is 30.1 Å². The maximum atomic E-state index is 13.2. The van der Waals surface area contributed by atoms with E-state index in [4.69, 9.17) is 29.6 Å². The molecule has 4 rings (SSSR count). The molecule has 4 N–H and O–H groups in total. The van der Waals surface area contributed by atoms with Crippen molar-refractivity contribution in [2.45, 2.75) is 44.3 Å². The quantitative estimate of drug-likeness (QED) is 0.288. The van der Waals surface area contributed by atoms with Gasteiger partial charge < -0.3 is 26.2 Å². The van der Waals surface area contributed by atoms with E-state index < -0.39 is 6.04 Å². The number of carbonyl (C=O) groups excluding carboxylic acids is 2. The Morgan fingerprint density at radius 2 is 2.11 bits per heavy atom. The van der Waals surface area contributed by atoms with Gasteiger partial charge in [0.25, 0.3) is 5.91 Å². The summed E-state index contributed by atoms with van der Waals surface area (Å²) in [6, 6.07) is 2.65. The van der Waals surface area contributed by atoms with Crippen LogP contribution >= 0.6 is 35.2 Å². The molecule has 0 unspecified atom stereocenters. The van der Waals surface area contributed by atoms with E-state index in [1.54, 1.807) is 31.1 Å². The summed E-state index contributed by atoms with van der Waals surface area (Å²) in [7, 11) is 5.54. The molecule has 1 aliphatic heterocycles. The number of fused-ring (bicyclic) bond motifs is 1. The van der Waals surface area contributed by atoms with Crippen molar-refractivity contribution in [3.8, 4) is 0 Å². The fourth-order valence-corrected chi connectivity index (χ4v) is 5.93. The van der Waals surface area contributed by atoms with Gasteiger partial charge in [-0.3, -0.25) is 14.6 Å². The van der Waals surface area contributed by atoms with Gasteiger partial charge in [0.2, 0.25) is 5.91 Å². The van der Waals surface area contributed by atoms with Crippen molar-refractivity contribution in [2.24, 2.45) is 16.6 Å². The average molecular weight is 563 g/mol. The highest BCUT2D eigenvalue weighted by Crippen LogP contribution is 2.30. The first-order valence-corrected chi connectivity index (χ1v) is 13.7. The van der Waals surface area contributed by atoms with E-state index >= 15 is 0 Å². The molecule has 1 aliphatic carbocycles. The van der Waals surface area contributed by atoms with Crippen molar-refractivity contribution in [3.63, 3.8) is 0 Å². The standard InChI is InChI=1S/C24H31ClN8O2S2/c1-32(2)24(35)13-4-6-15(28-20(26)22(36)31-19-7-5-14(25)11-27-19)17(10-13)29-21(34)23-30-16-8-9-33(3)12-18(16)37-23/h5,7,11,13,15,17H,4,6,8-10,12H2,1-3H3,(H2,26,28)(H,29,34)(H,27,31,36)/t13-,15-,17+/m0/s1. The van der Waals surface area contributed by atoms with E-state index in [0.29, 0.717) is 35.1 Å². The summed E-state index contributed by atoms with van der Waals surface area (Å²) in [5.74, 6) is 0.204. The summed E-state index contributed by atoms with van der Waals surface area (Å²) in [6.45, 7) is 1.71. The van der Waals surface area contributed by atoms with E-state index in [1.165, 1.54) is 17.5 Å². The van der Waals surface area contributed by atoms with Crippen LogP contribution in [0.1, 0.15) is 39.6 Å². The molecule has 37 heavy (non-hydrogen) atoms. The molecule has 2 aromatic rings. The number of pyridine rings is 1. The van der Waals surface area contributed by atoms with Crippen LogP contribution < -0.4 is 16.4 Å². The first-order chi connectivity index (χ1) is 17.6. The van der Waals surface area contributed by atoms with Crippen molar-refractivity contribution < 1.29 is 9.59 Å². The van der Waals surface area contributed by atoms with E-state index in [1.807, 2.05) is 0 Å². The lowest BCUT2D eigenvalue weighted by molar-refractivity contribution is -0.134. The lowest BCUT2D eigenvalue weighted by Gasteiger charge is -2.35. The number of thiocarbonyl (C=S) groups is 1. The number of amides is 2. The minimum absolute atomic E-state index is 0.0356. The third-order valence-corrected chi connectivity index (χ3v) is 8.16. The lowest BCUT2D eigenvalue weighted by atomic mass is 9.81. The summed E-state index contributed by atoms with van der Waals surface area (Å²) >= 11 is 12.7. The van der Waals surface area contributed by atoms with Crippen LogP contribution in [0.2, 0.25) is 5.02 Å². The molecule has 1 saturated carbocycles. The molecule has 2 aromatic heterocycles. The molecule has 3 atom stereocenters. The first-order valence-electron chi connectivity index (χ1n) is 12.1. The van der Waals surface area contributed by atoms with Gasteiger partial charge in [0.15, 0.2) is 10.8 Å². The number of nitrogens with one attached hydrogen (secondary N) is 2. The molecule has 13 heteroatoms. The third-order valence-electron chi connectivity index (χ3n) is 6.54. The number of hydrogen-bond acceptors (Lipinski definition) is 8. The highest BCUT2D eigenvalue weighted by molar-refractivity contribution is 7.82. The Labute approximate surface area is 230 Å². The molecule has 0 aromatic carbocycles. The Balaban J connectivity index is 1.50. The molecule has 1 fully saturated rings. The first kappa shape index (κ1) is 27.4. The maximum Gasteiger partial charge on any atom is 0.280 e. The number of amidine groups is 1. The number of rotatable bonds is 5. The Bertz CT molecular complexity index is 1200.